The molecular weight excluding hydrogens is 492 g/mol. The minimum Gasteiger partial charge on any atom is -0.442 e. The summed E-state index contributed by atoms with van der Waals surface area (Å²) >= 11 is 6.99. The number of aromatic nitrogens is 1. The quantitative estimate of drug-likeness (QED) is 0.491. The largest absolute Gasteiger partial charge is 0.442 e. The number of aromatic amines is 1. The van der Waals surface area contributed by atoms with E-state index in [1.54, 1.807) is 37.3 Å². The standard InChI is InChI=1S/C22H18ClF2N3O5S/c1-11-8-12(2-3-14(11)15-6-7-26-20(30)18(15)33-21(24)25)28-10-13(32-22(28)31)9-27-19(29)16-4-5-17(23)34-16/h2-8,13,21H,9-10H2,1H3,(H,26,30)(H,27,29)/t13-/m0/s1. The number of anilines is 1. The Labute approximate surface area is 201 Å². The summed E-state index contributed by atoms with van der Waals surface area (Å²) in [4.78, 5) is 40.8. The van der Waals surface area contributed by atoms with Gasteiger partial charge in [-0.05, 0) is 48.4 Å². The molecular formula is C22H18ClF2N3O5S. The lowest BCUT2D eigenvalue weighted by Gasteiger charge is -2.17. The number of nitrogens with one attached hydrogen (secondary N) is 2. The lowest BCUT2D eigenvalue weighted by Crippen LogP contribution is -2.34. The third-order valence-electron chi connectivity index (χ3n) is 5.10. The van der Waals surface area contributed by atoms with Crippen LogP contribution in [0.25, 0.3) is 11.1 Å². The molecule has 1 fully saturated rings. The fraction of sp³-hybridized carbons (Fsp3) is 0.227. The summed E-state index contributed by atoms with van der Waals surface area (Å²) in [5.74, 6) is -0.803. The molecule has 34 heavy (non-hydrogen) atoms. The van der Waals surface area contributed by atoms with Gasteiger partial charge in [0.05, 0.1) is 22.3 Å². The molecule has 3 aromatic rings. The predicted octanol–water partition coefficient (Wildman–Crippen LogP) is 4.42. The fourth-order valence-corrected chi connectivity index (χ4v) is 4.53. The van der Waals surface area contributed by atoms with Crippen LogP contribution in [0.1, 0.15) is 15.2 Å². The van der Waals surface area contributed by atoms with Crippen LogP contribution >= 0.6 is 22.9 Å². The number of nitrogens with zero attached hydrogens (tertiary/aromatic N) is 1. The van der Waals surface area contributed by atoms with Gasteiger partial charge in [-0.2, -0.15) is 8.78 Å². The maximum atomic E-state index is 12.8. The molecule has 4 rings (SSSR count). The zero-order chi connectivity index (χ0) is 24.4. The number of rotatable bonds is 7. The van der Waals surface area contributed by atoms with Gasteiger partial charge in [-0.3, -0.25) is 14.5 Å². The number of H-pyrrole nitrogens is 1. The number of pyridine rings is 1. The second-order valence-corrected chi connectivity index (χ2v) is 9.07. The zero-order valence-corrected chi connectivity index (χ0v) is 19.2. The Kier molecular flexibility index (Phi) is 6.85. The summed E-state index contributed by atoms with van der Waals surface area (Å²) in [6.07, 6.45) is 0.193. The molecule has 0 bridgehead atoms. The number of carbonyl (C=O) groups is 2. The van der Waals surface area contributed by atoms with Crippen LogP contribution in [0.3, 0.4) is 0 Å². The highest BCUT2D eigenvalue weighted by Crippen LogP contribution is 2.33. The first-order valence-electron chi connectivity index (χ1n) is 10.0. The normalized spacial score (nSPS) is 15.5. The van der Waals surface area contributed by atoms with Gasteiger partial charge in [0.2, 0.25) is 0 Å². The molecule has 1 aliphatic rings. The molecule has 178 valence electrons. The molecule has 1 aromatic carbocycles. The molecule has 2 amide bonds. The van der Waals surface area contributed by atoms with E-state index in [0.29, 0.717) is 26.0 Å². The number of hydrogen-bond donors (Lipinski definition) is 2. The van der Waals surface area contributed by atoms with Gasteiger partial charge in [0.15, 0.2) is 5.75 Å². The number of thiophene rings is 1. The molecule has 12 heteroatoms. The van der Waals surface area contributed by atoms with Crippen molar-refractivity contribution in [2.45, 2.75) is 19.6 Å². The average Bonchev–Trinajstić information content (AvgIpc) is 3.39. The molecule has 1 aliphatic heterocycles. The maximum Gasteiger partial charge on any atom is 0.414 e. The second-order valence-electron chi connectivity index (χ2n) is 7.36. The van der Waals surface area contributed by atoms with Crippen LogP contribution < -0.4 is 20.5 Å². The van der Waals surface area contributed by atoms with Crippen LogP contribution in [0.2, 0.25) is 4.34 Å². The molecule has 2 N–H and O–H groups in total. The summed E-state index contributed by atoms with van der Waals surface area (Å²) in [7, 11) is 0. The molecule has 0 aliphatic carbocycles. The van der Waals surface area contributed by atoms with Crippen molar-refractivity contribution in [3.05, 3.63) is 67.7 Å². The lowest BCUT2D eigenvalue weighted by atomic mass is 10.00. The first-order chi connectivity index (χ1) is 16.2. The topological polar surface area (TPSA) is 101 Å². The zero-order valence-electron chi connectivity index (χ0n) is 17.6. The van der Waals surface area contributed by atoms with Crippen molar-refractivity contribution < 1.29 is 27.8 Å². The van der Waals surface area contributed by atoms with Crippen molar-refractivity contribution in [1.29, 1.82) is 0 Å². The SMILES string of the molecule is Cc1cc(N2C[C@H](CNC(=O)c3ccc(Cl)s3)OC2=O)ccc1-c1cc[nH]c(=O)c1OC(F)F. The summed E-state index contributed by atoms with van der Waals surface area (Å²) in [6.45, 7) is -1.12. The molecule has 8 nitrogen and oxygen atoms in total. The summed E-state index contributed by atoms with van der Waals surface area (Å²) in [5.41, 5.74) is 1.06. The third kappa shape index (κ3) is 5.05. The van der Waals surface area contributed by atoms with Crippen LogP contribution in [-0.2, 0) is 4.74 Å². The number of carbonyl (C=O) groups excluding carboxylic acids is 2. The molecule has 0 saturated carbocycles. The van der Waals surface area contributed by atoms with E-state index in [0.717, 1.165) is 11.3 Å². The van der Waals surface area contributed by atoms with Crippen LogP contribution in [0.5, 0.6) is 5.75 Å². The summed E-state index contributed by atoms with van der Waals surface area (Å²) < 4.78 is 35.9. The number of alkyl halides is 2. The Morgan fingerprint density at radius 2 is 2.09 bits per heavy atom. The van der Waals surface area contributed by atoms with E-state index in [4.69, 9.17) is 16.3 Å². The van der Waals surface area contributed by atoms with E-state index in [2.05, 4.69) is 15.0 Å². The Morgan fingerprint density at radius 1 is 1.29 bits per heavy atom. The summed E-state index contributed by atoms with van der Waals surface area (Å²) in [6, 6.07) is 9.60. The Hall–Kier alpha value is -3.44. The van der Waals surface area contributed by atoms with Crippen LogP contribution in [0.4, 0.5) is 19.3 Å². The molecule has 2 aromatic heterocycles. The first kappa shape index (κ1) is 23.7. The minimum atomic E-state index is -3.16. The molecule has 0 spiro atoms. The van der Waals surface area contributed by atoms with E-state index in [9.17, 15) is 23.2 Å². The second kappa shape index (κ2) is 9.82. The monoisotopic (exact) mass is 509 g/mol. The average molecular weight is 510 g/mol. The Bertz CT molecular complexity index is 1300. The van der Waals surface area contributed by atoms with Crippen molar-refractivity contribution in [1.82, 2.24) is 10.3 Å². The van der Waals surface area contributed by atoms with Crippen molar-refractivity contribution in [3.8, 4) is 16.9 Å². The van der Waals surface area contributed by atoms with Gasteiger partial charge in [0.1, 0.15) is 6.10 Å². The van der Waals surface area contributed by atoms with Gasteiger partial charge in [-0.15, -0.1) is 11.3 Å². The van der Waals surface area contributed by atoms with Gasteiger partial charge in [0, 0.05) is 17.4 Å². The molecule has 1 atom stereocenters. The van der Waals surface area contributed by atoms with E-state index >= 15 is 0 Å². The van der Waals surface area contributed by atoms with Crippen molar-refractivity contribution in [2.75, 3.05) is 18.0 Å². The van der Waals surface area contributed by atoms with Crippen LogP contribution in [-0.4, -0.2) is 42.8 Å². The van der Waals surface area contributed by atoms with Gasteiger partial charge in [-0.1, -0.05) is 17.7 Å². The number of halogens is 3. The number of hydrogen-bond acceptors (Lipinski definition) is 6. The number of amides is 2. The number of benzene rings is 1. The molecule has 3 heterocycles. The van der Waals surface area contributed by atoms with Crippen molar-refractivity contribution in [2.24, 2.45) is 0 Å². The molecule has 0 unspecified atom stereocenters. The van der Waals surface area contributed by atoms with Gasteiger partial charge in [-0.25, -0.2) is 4.79 Å². The van der Waals surface area contributed by atoms with Gasteiger partial charge in [0.25, 0.3) is 11.5 Å². The van der Waals surface area contributed by atoms with Crippen LogP contribution in [0, 0.1) is 6.92 Å². The molecule has 0 radical (unpaired) electrons. The Balaban J connectivity index is 1.48. The highest BCUT2D eigenvalue weighted by Gasteiger charge is 2.33. The van der Waals surface area contributed by atoms with E-state index in [-0.39, 0.29) is 24.6 Å². The molecule has 1 saturated heterocycles. The number of ether oxygens (including phenoxy) is 2. The highest BCUT2D eigenvalue weighted by molar-refractivity contribution is 7.18. The maximum absolute atomic E-state index is 12.8. The van der Waals surface area contributed by atoms with Crippen LogP contribution in [0.15, 0.2) is 47.4 Å². The Morgan fingerprint density at radius 3 is 2.76 bits per heavy atom. The number of aryl methyl sites for hydroxylation is 1. The van der Waals surface area contributed by atoms with Crippen molar-refractivity contribution >= 4 is 40.6 Å². The fourth-order valence-electron chi connectivity index (χ4n) is 3.57. The highest BCUT2D eigenvalue weighted by atomic mass is 35.5. The smallest absolute Gasteiger partial charge is 0.414 e. The predicted molar refractivity (Wildman–Crippen MR) is 123 cm³/mol. The lowest BCUT2D eigenvalue weighted by molar-refractivity contribution is -0.0504. The van der Waals surface area contributed by atoms with E-state index < -0.39 is 30.1 Å². The van der Waals surface area contributed by atoms with E-state index in [1.165, 1.54) is 17.2 Å². The first-order valence-corrected chi connectivity index (χ1v) is 11.2. The third-order valence-corrected chi connectivity index (χ3v) is 6.33. The number of cyclic esters (lactones) is 1. The van der Waals surface area contributed by atoms with Crippen molar-refractivity contribution in [3.63, 3.8) is 0 Å². The minimum absolute atomic E-state index is 0.120. The van der Waals surface area contributed by atoms with Gasteiger partial charge < -0.3 is 19.8 Å². The van der Waals surface area contributed by atoms with Gasteiger partial charge >= 0.3 is 12.7 Å². The van der Waals surface area contributed by atoms with E-state index in [1.807, 2.05) is 0 Å². The summed E-state index contributed by atoms with van der Waals surface area (Å²) in [5, 5.41) is 2.72.